The number of rotatable bonds is 7. The Morgan fingerprint density at radius 3 is 2.80 bits per heavy atom. The van der Waals surface area contributed by atoms with E-state index in [2.05, 4.69) is 21.7 Å². The molecule has 0 atom stereocenters. The van der Waals surface area contributed by atoms with E-state index >= 15 is 0 Å². The van der Waals surface area contributed by atoms with Crippen molar-refractivity contribution in [1.82, 2.24) is 14.5 Å². The predicted octanol–water partition coefficient (Wildman–Crippen LogP) is 3.72. The number of nitrogens with zero attached hydrogens (tertiary/aromatic N) is 3. The summed E-state index contributed by atoms with van der Waals surface area (Å²) in [6.07, 6.45) is 3.54. The van der Waals surface area contributed by atoms with Crippen molar-refractivity contribution >= 4 is 18.0 Å². The third-order valence-corrected chi connectivity index (χ3v) is 3.91. The third-order valence-electron chi connectivity index (χ3n) is 3.15. The van der Waals surface area contributed by atoms with Gasteiger partial charge in [0.05, 0.1) is 23.8 Å². The summed E-state index contributed by atoms with van der Waals surface area (Å²) < 4.78 is 10.2. The second-order valence-electron chi connectivity index (χ2n) is 5.69. The fourth-order valence-corrected chi connectivity index (χ4v) is 2.34. The second-order valence-corrected chi connectivity index (χ2v) is 7.07. The molecule has 2 amide bonds. The van der Waals surface area contributed by atoms with Crippen molar-refractivity contribution in [2.24, 2.45) is 4.99 Å². The normalized spacial score (nSPS) is 11.6. The number of amides is 2. The van der Waals surface area contributed by atoms with Gasteiger partial charge < -0.3 is 4.74 Å². The summed E-state index contributed by atoms with van der Waals surface area (Å²) in [5, 5.41) is 5.14. The molecule has 0 bridgehead atoms. The van der Waals surface area contributed by atoms with Gasteiger partial charge in [-0.05, 0) is 30.5 Å². The molecule has 1 aromatic heterocycles. The monoisotopic (exact) mass is 360 g/mol. The van der Waals surface area contributed by atoms with Crippen molar-refractivity contribution in [3.63, 3.8) is 0 Å². The molecule has 0 radical (unpaired) electrons. The van der Waals surface area contributed by atoms with Gasteiger partial charge in [-0.2, -0.15) is 10.1 Å². The maximum absolute atomic E-state index is 11.9. The van der Waals surface area contributed by atoms with Crippen LogP contribution >= 0.6 is 11.9 Å². The number of carbonyl (C=O) groups excluding carboxylic acids is 1. The first-order valence-corrected chi connectivity index (χ1v) is 9.26. The maximum atomic E-state index is 11.9. The molecule has 1 aromatic carbocycles. The molecule has 134 valence electrons. The highest BCUT2D eigenvalue weighted by molar-refractivity contribution is 7.98. The zero-order chi connectivity index (χ0) is 18.1. The van der Waals surface area contributed by atoms with Gasteiger partial charge in [0.25, 0.3) is 0 Å². The number of ether oxygens (including phenoxy) is 1. The Morgan fingerprint density at radius 2 is 2.12 bits per heavy atom. The van der Waals surface area contributed by atoms with Crippen LogP contribution in [0.4, 0.5) is 4.79 Å². The molecule has 7 heteroatoms. The molecule has 0 spiro atoms. The number of hydrogen-bond acceptors (Lipinski definition) is 4. The molecule has 0 saturated carbocycles. The quantitative estimate of drug-likeness (QED) is 0.603. The number of benzene rings is 1. The summed E-state index contributed by atoms with van der Waals surface area (Å²) in [4.78, 5) is 15.9. The van der Waals surface area contributed by atoms with Gasteiger partial charge in [-0.1, -0.05) is 45.4 Å². The Labute approximate surface area is 152 Å². The molecule has 0 aliphatic rings. The van der Waals surface area contributed by atoms with Crippen LogP contribution in [-0.4, -0.2) is 27.7 Å². The minimum absolute atomic E-state index is 0.293. The number of unbranched alkanes of at least 4 members (excludes halogenated alkanes) is 1. The molecule has 0 fully saturated rings. The van der Waals surface area contributed by atoms with Crippen LogP contribution in [0, 0.1) is 0 Å². The highest BCUT2D eigenvalue weighted by atomic mass is 32.2. The number of para-hydroxylation sites is 1. The van der Waals surface area contributed by atoms with Gasteiger partial charge in [0.2, 0.25) is 5.88 Å². The summed E-state index contributed by atoms with van der Waals surface area (Å²) in [7, 11) is 0. The fraction of sp³-hybridized carbons (Fsp3) is 0.389. The van der Waals surface area contributed by atoms with E-state index in [0.29, 0.717) is 23.1 Å². The fourth-order valence-electron chi connectivity index (χ4n) is 1.96. The average Bonchev–Trinajstić information content (AvgIpc) is 2.61. The van der Waals surface area contributed by atoms with Crippen LogP contribution in [0.5, 0.6) is 5.88 Å². The van der Waals surface area contributed by atoms with Crippen LogP contribution < -0.4 is 14.8 Å². The van der Waals surface area contributed by atoms with Crippen LogP contribution in [0.2, 0.25) is 0 Å². The lowest BCUT2D eigenvalue weighted by molar-refractivity contribution is 0.253. The lowest BCUT2D eigenvalue weighted by atomic mass is 10.3. The molecule has 2 aromatic rings. The molecule has 6 nitrogen and oxygen atoms in total. The van der Waals surface area contributed by atoms with E-state index < -0.39 is 6.03 Å². The Balaban J connectivity index is 2.28. The number of hydrogen-bond donors (Lipinski definition) is 1. The summed E-state index contributed by atoms with van der Waals surface area (Å²) in [5.41, 5.74) is 0.889. The van der Waals surface area contributed by atoms with Crippen LogP contribution in [0.15, 0.2) is 47.6 Å². The second kappa shape index (κ2) is 9.88. The van der Waals surface area contributed by atoms with Gasteiger partial charge >= 0.3 is 6.03 Å². The van der Waals surface area contributed by atoms with Crippen LogP contribution in [0.25, 0.3) is 5.69 Å². The zero-order valence-electron chi connectivity index (χ0n) is 14.8. The van der Waals surface area contributed by atoms with Gasteiger partial charge in [0.1, 0.15) is 0 Å². The molecule has 25 heavy (non-hydrogen) atoms. The van der Waals surface area contributed by atoms with E-state index in [4.69, 9.17) is 4.74 Å². The van der Waals surface area contributed by atoms with Crippen LogP contribution in [-0.2, 0) is 0 Å². The largest absolute Gasteiger partial charge is 0.478 e. The first-order chi connectivity index (χ1) is 12.1. The number of carbonyl (C=O) groups is 1. The molecule has 0 unspecified atom stereocenters. The summed E-state index contributed by atoms with van der Waals surface area (Å²) >= 11 is 1.33. The van der Waals surface area contributed by atoms with E-state index in [0.717, 1.165) is 18.5 Å². The SMILES string of the molecule is CCCCOc1cc(=NC(=O)NSC(C)C)cnn1-c1ccccc1. The molecule has 0 aliphatic carbocycles. The lowest BCUT2D eigenvalue weighted by Gasteiger charge is -2.13. The van der Waals surface area contributed by atoms with E-state index in [1.165, 1.54) is 11.9 Å². The van der Waals surface area contributed by atoms with E-state index in [1.807, 2.05) is 44.2 Å². The highest BCUT2D eigenvalue weighted by Gasteiger charge is 2.06. The zero-order valence-corrected chi connectivity index (χ0v) is 15.6. The van der Waals surface area contributed by atoms with E-state index in [-0.39, 0.29) is 0 Å². The van der Waals surface area contributed by atoms with Crippen LogP contribution in [0.3, 0.4) is 0 Å². The van der Waals surface area contributed by atoms with Gasteiger partial charge in [-0.25, -0.2) is 9.48 Å². The summed E-state index contributed by atoms with van der Waals surface area (Å²) in [5.74, 6) is 0.560. The molecule has 2 rings (SSSR count). The first-order valence-electron chi connectivity index (χ1n) is 8.38. The van der Waals surface area contributed by atoms with Crippen molar-refractivity contribution in [1.29, 1.82) is 0 Å². The minimum atomic E-state index is -0.405. The van der Waals surface area contributed by atoms with Crippen LogP contribution in [0.1, 0.15) is 33.6 Å². The molecule has 0 saturated heterocycles. The Kier molecular flexibility index (Phi) is 7.53. The van der Waals surface area contributed by atoms with Crippen molar-refractivity contribution in [2.75, 3.05) is 6.61 Å². The maximum Gasteiger partial charge on any atom is 0.351 e. The van der Waals surface area contributed by atoms with Gasteiger partial charge in [-0.15, -0.1) is 0 Å². The highest BCUT2D eigenvalue weighted by Crippen LogP contribution is 2.14. The molecule has 0 aliphatic heterocycles. The van der Waals surface area contributed by atoms with Gasteiger partial charge in [0.15, 0.2) is 0 Å². The molecule has 1 heterocycles. The number of aromatic nitrogens is 2. The van der Waals surface area contributed by atoms with Gasteiger partial charge in [-0.3, -0.25) is 4.72 Å². The Hall–Kier alpha value is -2.28. The minimum Gasteiger partial charge on any atom is -0.478 e. The third kappa shape index (κ3) is 6.26. The summed E-state index contributed by atoms with van der Waals surface area (Å²) in [6.45, 7) is 6.69. The van der Waals surface area contributed by atoms with Crippen molar-refractivity contribution in [3.8, 4) is 11.6 Å². The van der Waals surface area contributed by atoms with Crippen molar-refractivity contribution in [3.05, 3.63) is 48.0 Å². The predicted molar refractivity (Wildman–Crippen MR) is 101 cm³/mol. The summed E-state index contributed by atoms with van der Waals surface area (Å²) in [6, 6.07) is 11.0. The molecular formula is C18H24N4O2S. The topological polar surface area (TPSA) is 68.5 Å². The van der Waals surface area contributed by atoms with E-state index in [9.17, 15) is 4.79 Å². The lowest BCUT2D eigenvalue weighted by Crippen LogP contribution is -2.19. The van der Waals surface area contributed by atoms with Gasteiger partial charge in [0, 0.05) is 11.3 Å². The number of urea groups is 1. The Bertz CT molecular complexity index is 744. The van der Waals surface area contributed by atoms with Crippen molar-refractivity contribution in [2.45, 2.75) is 38.9 Å². The Morgan fingerprint density at radius 1 is 1.36 bits per heavy atom. The smallest absolute Gasteiger partial charge is 0.351 e. The average molecular weight is 360 g/mol. The van der Waals surface area contributed by atoms with Crippen molar-refractivity contribution < 1.29 is 9.53 Å². The standard InChI is InChI=1S/C18H24N4O2S/c1-4-5-11-24-17-12-15(20-18(23)21-25-14(2)3)13-19-22(17)16-9-7-6-8-10-16/h6-10,12-14H,4-5,11H2,1-3H3,(H,21,23). The van der Waals surface area contributed by atoms with E-state index in [1.54, 1.807) is 16.9 Å². The molecule has 1 N–H and O–H groups in total. The first kappa shape index (κ1) is 19.1. The number of nitrogens with one attached hydrogen (secondary N) is 1. The molecular weight excluding hydrogens is 336 g/mol.